The van der Waals surface area contributed by atoms with Gasteiger partial charge in [0.25, 0.3) is 0 Å². The minimum atomic E-state index is -0.0803. The van der Waals surface area contributed by atoms with Crippen LogP contribution < -0.4 is 15.4 Å². The van der Waals surface area contributed by atoms with Gasteiger partial charge >= 0.3 is 0 Å². The first kappa shape index (κ1) is 20.7. The van der Waals surface area contributed by atoms with Gasteiger partial charge in [0.2, 0.25) is 11.8 Å². The predicted octanol–water partition coefficient (Wildman–Crippen LogP) is 1.64. The third kappa shape index (κ3) is 6.27. The molecular formula is C20H30N4O3. The molecule has 2 N–H and O–H groups in total. The molecule has 1 saturated heterocycles. The summed E-state index contributed by atoms with van der Waals surface area (Å²) in [6.07, 6.45) is 2.38. The lowest BCUT2D eigenvalue weighted by Crippen LogP contribution is -2.46. The molecule has 0 atom stereocenters. The summed E-state index contributed by atoms with van der Waals surface area (Å²) in [5.74, 6) is 1.41. The second kappa shape index (κ2) is 10.5. The number of aliphatic imine (C=N–C) groups is 1. The van der Waals surface area contributed by atoms with Crippen molar-refractivity contribution in [2.24, 2.45) is 4.99 Å². The fraction of sp³-hybridized carbons (Fsp3) is 0.550. The summed E-state index contributed by atoms with van der Waals surface area (Å²) in [6.45, 7) is 6.25. The normalized spacial score (nSPS) is 15.1. The number of amides is 2. The van der Waals surface area contributed by atoms with Gasteiger partial charge in [-0.1, -0.05) is 12.1 Å². The number of imide groups is 1. The lowest BCUT2D eigenvalue weighted by molar-refractivity contribution is -0.147. The first-order valence-corrected chi connectivity index (χ1v) is 9.54. The Hall–Kier alpha value is -2.57. The monoisotopic (exact) mass is 374 g/mol. The van der Waals surface area contributed by atoms with Crippen molar-refractivity contribution >= 4 is 17.8 Å². The molecule has 0 bridgehead atoms. The lowest BCUT2D eigenvalue weighted by atomic mass is 10.1. The number of benzene rings is 1. The summed E-state index contributed by atoms with van der Waals surface area (Å²) in [5, 5.41) is 6.38. The van der Waals surface area contributed by atoms with Gasteiger partial charge in [0.05, 0.1) is 7.11 Å². The molecule has 2 rings (SSSR count). The smallest absolute Gasteiger partial charge is 0.229 e. The summed E-state index contributed by atoms with van der Waals surface area (Å²) >= 11 is 0. The molecule has 0 aromatic heterocycles. The molecule has 7 heteroatoms. The van der Waals surface area contributed by atoms with Crippen LogP contribution in [-0.2, 0) is 16.0 Å². The zero-order valence-electron chi connectivity index (χ0n) is 16.5. The quantitative estimate of drug-likeness (QED) is 0.411. The minimum absolute atomic E-state index is 0.0803. The molecule has 0 radical (unpaired) electrons. The summed E-state index contributed by atoms with van der Waals surface area (Å²) < 4.78 is 5.36. The minimum Gasteiger partial charge on any atom is -0.496 e. The number of piperidine rings is 1. The highest BCUT2D eigenvalue weighted by Gasteiger charge is 2.25. The average molecular weight is 374 g/mol. The maximum Gasteiger partial charge on any atom is 0.229 e. The average Bonchev–Trinajstić information content (AvgIpc) is 2.65. The summed E-state index contributed by atoms with van der Waals surface area (Å²) in [6, 6.07) is 6.17. The summed E-state index contributed by atoms with van der Waals surface area (Å²) in [5.41, 5.74) is 2.28. The molecule has 1 heterocycles. The van der Waals surface area contributed by atoms with Gasteiger partial charge < -0.3 is 15.4 Å². The first-order chi connectivity index (χ1) is 13.0. The van der Waals surface area contributed by atoms with Crippen molar-refractivity contribution in [1.29, 1.82) is 0 Å². The number of carbonyl (C=O) groups is 2. The second-order valence-corrected chi connectivity index (χ2v) is 6.53. The maximum atomic E-state index is 11.8. The van der Waals surface area contributed by atoms with Gasteiger partial charge in [0.1, 0.15) is 5.75 Å². The fourth-order valence-electron chi connectivity index (χ4n) is 2.99. The molecule has 0 spiro atoms. The summed E-state index contributed by atoms with van der Waals surface area (Å²) in [4.78, 5) is 29.6. The van der Waals surface area contributed by atoms with Gasteiger partial charge in [-0.15, -0.1) is 0 Å². The Morgan fingerprint density at radius 2 is 1.96 bits per heavy atom. The molecule has 1 aliphatic rings. The second-order valence-electron chi connectivity index (χ2n) is 6.53. The number of nitrogens with one attached hydrogen (secondary N) is 2. The SMILES string of the molecule is CCNC(=NCCc1ccc(C)c(OC)c1)NCCN1C(=O)CCCC1=O. The van der Waals surface area contributed by atoms with Crippen LogP contribution in [0.1, 0.15) is 37.3 Å². The molecule has 7 nitrogen and oxygen atoms in total. The third-order valence-corrected chi connectivity index (χ3v) is 4.50. The topological polar surface area (TPSA) is 83.0 Å². The van der Waals surface area contributed by atoms with Crippen LogP contribution in [0.15, 0.2) is 23.2 Å². The Bertz CT molecular complexity index is 672. The Morgan fingerprint density at radius 3 is 2.63 bits per heavy atom. The van der Waals surface area contributed by atoms with E-state index in [-0.39, 0.29) is 11.8 Å². The van der Waals surface area contributed by atoms with E-state index in [1.54, 1.807) is 7.11 Å². The van der Waals surface area contributed by atoms with E-state index in [0.29, 0.717) is 44.9 Å². The number of rotatable bonds is 8. The van der Waals surface area contributed by atoms with Crippen molar-refractivity contribution in [3.63, 3.8) is 0 Å². The van der Waals surface area contributed by atoms with Crippen LogP contribution >= 0.6 is 0 Å². The summed E-state index contributed by atoms with van der Waals surface area (Å²) in [7, 11) is 1.68. The van der Waals surface area contributed by atoms with Gasteiger partial charge in [-0.2, -0.15) is 0 Å². The van der Waals surface area contributed by atoms with E-state index in [1.165, 1.54) is 10.5 Å². The molecule has 0 unspecified atom stereocenters. The Morgan fingerprint density at radius 1 is 1.22 bits per heavy atom. The van der Waals surface area contributed by atoms with E-state index in [4.69, 9.17) is 4.74 Å². The third-order valence-electron chi connectivity index (χ3n) is 4.50. The molecule has 148 valence electrons. The van der Waals surface area contributed by atoms with Gasteiger partial charge in [-0.3, -0.25) is 19.5 Å². The van der Waals surface area contributed by atoms with Crippen molar-refractivity contribution in [3.8, 4) is 5.75 Å². The van der Waals surface area contributed by atoms with Crippen molar-refractivity contribution < 1.29 is 14.3 Å². The molecule has 0 saturated carbocycles. The van der Waals surface area contributed by atoms with Crippen LogP contribution in [0.5, 0.6) is 5.75 Å². The molecule has 1 aromatic carbocycles. The first-order valence-electron chi connectivity index (χ1n) is 9.54. The van der Waals surface area contributed by atoms with E-state index in [1.807, 2.05) is 26.0 Å². The van der Waals surface area contributed by atoms with Crippen molar-refractivity contribution in [1.82, 2.24) is 15.5 Å². The van der Waals surface area contributed by atoms with Gasteiger partial charge in [-0.25, -0.2) is 0 Å². The molecule has 2 amide bonds. The largest absolute Gasteiger partial charge is 0.496 e. The highest BCUT2D eigenvalue weighted by atomic mass is 16.5. The number of carbonyl (C=O) groups excluding carboxylic acids is 2. The standard InChI is InChI=1S/C20H30N4O3/c1-4-21-20(23-12-13-24-18(25)6-5-7-19(24)26)22-11-10-16-9-8-15(2)17(14-16)27-3/h8-9,14H,4-7,10-13H2,1-3H3,(H2,21,22,23). The van der Waals surface area contributed by atoms with Crippen LogP contribution in [0.4, 0.5) is 0 Å². The van der Waals surface area contributed by atoms with Gasteiger partial charge in [0, 0.05) is 39.0 Å². The zero-order chi connectivity index (χ0) is 19.6. The van der Waals surface area contributed by atoms with Crippen LogP contribution in [0.25, 0.3) is 0 Å². The zero-order valence-corrected chi connectivity index (χ0v) is 16.5. The number of methoxy groups -OCH3 is 1. The number of hydrogen-bond acceptors (Lipinski definition) is 4. The molecule has 0 aliphatic carbocycles. The molecule has 1 aromatic rings. The fourth-order valence-corrected chi connectivity index (χ4v) is 2.99. The van der Waals surface area contributed by atoms with E-state index < -0.39 is 0 Å². The van der Waals surface area contributed by atoms with Crippen LogP contribution in [0.3, 0.4) is 0 Å². The molecule has 1 fully saturated rings. The van der Waals surface area contributed by atoms with E-state index in [2.05, 4.69) is 21.7 Å². The number of ether oxygens (including phenoxy) is 1. The number of hydrogen-bond donors (Lipinski definition) is 2. The van der Waals surface area contributed by atoms with Crippen LogP contribution in [0, 0.1) is 6.92 Å². The Labute approximate surface area is 161 Å². The molecule has 27 heavy (non-hydrogen) atoms. The Kier molecular flexibility index (Phi) is 8.10. The lowest BCUT2D eigenvalue weighted by Gasteiger charge is -2.25. The number of likely N-dealkylation sites (tertiary alicyclic amines) is 1. The van der Waals surface area contributed by atoms with Gasteiger partial charge in [0.15, 0.2) is 5.96 Å². The van der Waals surface area contributed by atoms with Crippen molar-refractivity contribution in [2.75, 3.05) is 33.3 Å². The predicted molar refractivity (Wildman–Crippen MR) is 106 cm³/mol. The van der Waals surface area contributed by atoms with Crippen molar-refractivity contribution in [3.05, 3.63) is 29.3 Å². The number of aryl methyl sites for hydroxylation is 1. The molecule has 1 aliphatic heterocycles. The highest BCUT2D eigenvalue weighted by Crippen LogP contribution is 2.19. The van der Waals surface area contributed by atoms with E-state index in [9.17, 15) is 9.59 Å². The van der Waals surface area contributed by atoms with Gasteiger partial charge in [-0.05, 0) is 43.9 Å². The van der Waals surface area contributed by atoms with E-state index in [0.717, 1.165) is 24.3 Å². The van der Waals surface area contributed by atoms with Crippen LogP contribution in [-0.4, -0.2) is 56.0 Å². The van der Waals surface area contributed by atoms with Crippen LogP contribution in [0.2, 0.25) is 0 Å². The molecular weight excluding hydrogens is 344 g/mol. The maximum absolute atomic E-state index is 11.8. The Balaban J connectivity index is 1.84. The number of guanidine groups is 1. The highest BCUT2D eigenvalue weighted by molar-refractivity contribution is 5.97. The van der Waals surface area contributed by atoms with E-state index >= 15 is 0 Å². The van der Waals surface area contributed by atoms with Crippen molar-refractivity contribution in [2.45, 2.75) is 39.5 Å². The number of nitrogens with zero attached hydrogens (tertiary/aromatic N) is 2.